The Morgan fingerprint density at radius 2 is 2.00 bits per heavy atom. The summed E-state index contributed by atoms with van der Waals surface area (Å²) in [5.41, 5.74) is 4.69. The van der Waals surface area contributed by atoms with E-state index in [1.54, 1.807) is 19.1 Å². The molecule has 2 aromatic carbocycles. The molecule has 0 aliphatic heterocycles. The van der Waals surface area contributed by atoms with Crippen LogP contribution >= 0.6 is 0 Å². The van der Waals surface area contributed by atoms with E-state index in [2.05, 4.69) is 20.4 Å². The van der Waals surface area contributed by atoms with E-state index in [0.29, 0.717) is 5.56 Å². The molecule has 1 heterocycles. The Morgan fingerprint density at radius 3 is 2.63 bits per heavy atom. The molecule has 0 aliphatic carbocycles. The minimum absolute atomic E-state index is 0.0242. The first kappa shape index (κ1) is 21.3. The Hall–Kier alpha value is -3.37. The molecule has 2 unspecified atom stereocenters. The third-order valence-electron chi connectivity index (χ3n) is 4.79. The van der Waals surface area contributed by atoms with Crippen LogP contribution in [0.4, 0.5) is 8.78 Å². The predicted octanol–water partition coefficient (Wildman–Crippen LogP) is 1.49. The first-order valence-corrected chi connectivity index (χ1v) is 9.12. The Labute approximate surface area is 171 Å². The number of rotatable bonds is 8. The van der Waals surface area contributed by atoms with E-state index in [0.717, 1.165) is 12.1 Å². The van der Waals surface area contributed by atoms with Crippen LogP contribution in [0.2, 0.25) is 0 Å². The normalized spacial score (nSPS) is 15.0. The van der Waals surface area contributed by atoms with Crippen LogP contribution in [-0.4, -0.2) is 43.5 Å². The van der Waals surface area contributed by atoms with Gasteiger partial charge in [-0.2, -0.15) is 5.10 Å². The van der Waals surface area contributed by atoms with Gasteiger partial charge in [0.2, 0.25) is 0 Å². The molecule has 30 heavy (non-hydrogen) atoms. The maximum Gasteiger partial charge on any atom is 0.137 e. The molecule has 1 aromatic heterocycles. The Morgan fingerprint density at radius 1 is 1.27 bits per heavy atom. The number of benzene rings is 2. The third-order valence-corrected chi connectivity index (χ3v) is 4.79. The van der Waals surface area contributed by atoms with Gasteiger partial charge >= 0.3 is 0 Å². The van der Waals surface area contributed by atoms with Gasteiger partial charge in [0.25, 0.3) is 0 Å². The number of nitrogens with one attached hydrogen (secondary N) is 1. The second-order valence-corrected chi connectivity index (χ2v) is 6.82. The minimum atomic E-state index is -1.78. The summed E-state index contributed by atoms with van der Waals surface area (Å²) in [5.74, 6) is -1.29. The van der Waals surface area contributed by atoms with E-state index in [4.69, 9.17) is 5.73 Å². The minimum Gasteiger partial charge on any atom is -0.508 e. The fraction of sp³-hybridized carbons (Fsp3) is 0.250. The summed E-state index contributed by atoms with van der Waals surface area (Å²) in [6.07, 6.45) is 2.68. The highest BCUT2D eigenvalue weighted by Gasteiger charge is 2.39. The summed E-state index contributed by atoms with van der Waals surface area (Å²) in [6, 6.07) is 8.49. The second kappa shape index (κ2) is 8.97. The lowest BCUT2D eigenvalue weighted by atomic mass is 9.86. The molecule has 0 spiro atoms. The number of aliphatic hydroxyl groups is 1. The van der Waals surface area contributed by atoms with Crippen molar-refractivity contribution in [2.45, 2.75) is 25.1 Å². The van der Waals surface area contributed by atoms with Crippen LogP contribution in [0.1, 0.15) is 18.1 Å². The van der Waals surface area contributed by atoms with Gasteiger partial charge in [0.1, 0.15) is 41.5 Å². The van der Waals surface area contributed by atoms with Crippen molar-refractivity contribution in [2.75, 3.05) is 6.67 Å². The summed E-state index contributed by atoms with van der Waals surface area (Å²) in [6.45, 7) is 1.54. The van der Waals surface area contributed by atoms with E-state index < -0.39 is 23.3 Å². The lowest BCUT2D eigenvalue weighted by Gasteiger charge is -2.35. The number of aromatic nitrogens is 3. The van der Waals surface area contributed by atoms with Gasteiger partial charge in [0.15, 0.2) is 0 Å². The molecular formula is C20H22F2N6O2. The number of nitrogens with zero attached hydrogens (tertiary/aromatic N) is 4. The van der Waals surface area contributed by atoms with Crippen molar-refractivity contribution >= 4 is 5.84 Å². The standard InChI is InChI=1S/C20H22F2N6O2/c1-13(25-11-26-19(23)14-2-5-16(29)6-3-14)20(30,9-28-12-24-10-27-28)17-7-4-15(21)8-18(17)22/h2-8,10,12-13,25,29-30H,9,11H2,1H3,(H2,23,26). The summed E-state index contributed by atoms with van der Waals surface area (Å²) in [4.78, 5) is 8.04. The summed E-state index contributed by atoms with van der Waals surface area (Å²) in [7, 11) is 0. The molecule has 0 amide bonds. The van der Waals surface area contributed by atoms with Crippen LogP contribution < -0.4 is 11.1 Å². The van der Waals surface area contributed by atoms with Crippen molar-refractivity contribution in [3.8, 4) is 5.75 Å². The van der Waals surface area contributed by atoms with Gasteiger partial charge in [-0.15, -0.1) is 0 Å². The number of aromatic hydroxyl groups is 1. The summed E-state index contributed by atoms with van der Waals surface area (Å²) in [5, 5.41) is 27.7. The lowest BCUT2D eigenvalue weighted by Crippen LogP contribution is -2.50. The SMILES string of the molecule is CC(NC/N=C(\N)c1ccc(O)cc1)C(O)(Cn1cncn1)c1ccc(F)cc1F. The number of phenols is 1. The number of nitrogens with two attached hydrogens (primary N) is 1. The van der Waals surface area contributed by atoms with Gasteiger partial charge in [-0.05, 0) is 37.3 Å². The molecule has 0 saturated carbocycles. The highest BCUT2D eigenvalue weighted by atomic mass is 19.1. The molecule has 3 aromatic rings. The van der Waals surface area contributed by atoms with E-state index in [1.807, 2.05) is 0 Å². The molecule has 2 atom stereocenters. The molecule has 0 bridgehead atoms. The number of amidine groups is 1. The predicted molar refractivity (Wildman–Crippen MR) is 107 cm³/mol. The van der Waals surface area contributed by atoms with E-state index in [9.17, 15) is 19.0 Å². The monoisotopic (exact) mass is 416 g/mol. The molecule has 5 N–H and O–H groups in total. The van der Waals surface area contributed by atoms with Gasteiger partial charge in [-0.3, -0.25) is 10.3 Å². The van der Waals surface area contributed by atoms with Gasteiger partial charge < -0.3 is 15.9 Å². The molecule has 8 nitrogen and oxygen atoms in total. The molecular weight excluding hydrogens is 394 g/mol. The molecule has 0 aliphatic rings. The maximum absolute atomic E-state index is 14.5. The van der Waals surface area contributed by atoms with E-state index >= 15 is 0 Å². The zero-order chi connectivity index (χ0) is 21.7. The Kier molecular flexibility index (Phi) is 6.38. The Balaban J connectivity index is 1.80. The molecule has 158 valence electrons. The topological polar surface area (TPSA) is 122 Å². The first-order chi connectivity index (χ1) is 14.3. The number of aliphatic imine (C=N–C) groups is 1. The van der Waals surface area contributed by atoms with Crippen LogP contribution in [0.15, 0.2) is 60.1 Å². The van der Waals surface area contributed by atoms with Crippen LogP contribution in [0.5, 0.6) is 5.75 Å². The van der Waals surface area contributed by atoms with Gasteiger partial charge in [0, 0.05) is 23.2 Å². The van der Waals surface area contributed by atoms with Gasteiger partial charge in [-0.1, -0.05) is 6.07 Å². The van der Waals surface area contributed by atoms with Crippen LogP contribution in [-0.2, 0) is 12.1 Å². The highest BCUT2D eigenvalue weighted by Crippen LogP contribution is 2.30. The number of phenolic OH excluding ortho intramolecular Hbond substituents is 1. The third kappa shape index (κ3) is 4.78. The molecule has 0 saturated heterocycles. The second-order valence-electron chi connectivity index (χ2n) is 6.82. The highest BCUT2D eigenvalue weighted by molar-refractivity contribution is 5.97. The average molecular weight is 416 g/mol. The smallest absolute Gasteiger partial charge is 0.137 e. The first-order valence-electron chi connectivity index (χ1n) is 9.12. The maximum atomic E-state index is 14.5. The summed E-state index contributed by atoms with van der Waals surface area (Å²) < 4.78 is 29.2. The van der Waals surface area contributed by atoms with Crippen molar-refractivity contribution in [1.82, 2.24) is 20.1 Å². The van der Waals surface area contributed by atoms with Crippen LogP contribution in [0.25, 0.3) is 0 Å². The Bertz CT molecular complexity index is 1010. The summed E-state index contributed by atoms with van der Waals surface area (Å²) >= 11 is 0. The van der Waals surface area contributed by atoms with E-state index in [1.165, 1.54) is 35.5 Å². The van der Waals surface area contributed by atoms with Gasteiger partial charge in [0.05, 0.1) is 13.2 Å². The average Bonchev–Trinajstić information content (AvgIpc) is 3.20. The van der Waals surface area contributed by atoms with Crippen molar-refractivity contribution in [3.05, 3.63) is 77.9 Å². The number of hydrogen-bond donors (Lipinski definition) is 4. The zero-order valence-electron chi connectivity index (χ0n) is 16.2. The molecule has 0 fully saturated rings. The number of halogens is 2. The number of hydrogen-bond acceptors (Lipinski definition) is 6. The van der Waals surface area contributed by atoms with Crippen LogP contribution in [0.3, 0.4) is 0 Å². The zero-order valence-corrected chi connectivity index (χ0v) is 16.2. The van der Waals surface area contributed by atoms with Crippen molar-refractivity contribution in [1.29, 1.82) is 0 Å². The fourth-order valence-electron chi connectivity index (χ4n) is 3.02. The molecule has 3 rings (SSSR count). The van der Waals surface area contributed by atoms with Crippen molar-refractivity contribution in [2.24, 2.45) is 10.7 Å². The van der Waals surface area contributed by atoms with E-state index in [-0.39, 0.29) is 30.4 Å². The van der Waals surface area contributed by atoms with Crippen molar-refractivity contribution < 1.29 is 19.0 Å². The van der Waals surface area contributed by atoms with Crippen LogP contribution in [0, 0.1) is 11.6 Å². The molecule has 0 radical (unpaired) electrons. The fourth-order valence-corrected chi connectivity index (χ4v) is 3.02. The largest absolute Gasteiger partial charge is 0.508 e. The van der Waals surface area contributed by atoms with Gasteiger partial charge in [-0.25, -0.2) is 18.4 Å². The van der Waals surface area contributed by atoms with Crippen molar-refractivity contribution in [3.63, 3.8) is 0 Å². The quantitative estimate of drug-likeness (QED) is 0.326. The lowest BCUT2D eigenvalue weighted by molar-refractivity contribution is -0.0197. The molecule has 10 heteroatoms.